The lowest BCUT2D eigenvalue weighted by Crippen LogP contribution is -2.18. The summed E-state index contributed by atoms with van der Waals surface area (Å²) in [7, 11) is 0. The number of nitro groups is 1. The lowest BCUT2D eigenvalue weighted by molar-refractivity contribution is -0.385. The Kier molecular flexibility index (Phi) is 5.59. The molecule has 0 aliphatic heterocycles. The van der Waals surface area contributed by atoms with Gasteiger partial charge in [-0.3, -0.25) is 10.1 Å². The molecule has 98 valence electrons. The molecule has 0 heterocycles. The van der Waals surface area contributed by atoms with E-state index in [1.807, 2.05) is 0 Å². The first-order valence-corrected chi connectivity index (χ1v) is 5.54. The number of benzene rings is 1. The molecule has 0 bridgehead atoms. The fourth-order valence-corrected chi connectivity index (χ4v) is 1.51. The zero-order valence-electron chi connectivity index (χ0n) is 9.87. The summed E-state index contributed by atoms with van der Waals surface area (Å²) in [6.07, 6.45) is 1.19. The van der Waals surface area contributed by atoms with Gasteiger partial charge in [-0.1, -0.05) is 23.4 Å². The Bertz CT molecular complexity index is 434. The van der Waals surface area contributed by atoms with Crippen molar-refractivity contribution in [3.05, 3.63) is 39.9 Å². The Morgan fingerprint density at radius 1 is 1.50 bits per heavy atom. The number of nitrogens with zero attached hydrogens (tertiary/aromatic N) is 2. The van der Waals surface area contributed by atoms with Crippen molar-refractivity contribution in [3.8, 4) is 0 Å². The first kappa shape index (κ1) is 13.9. The molecule has 18 heavy (non-hydrogen) atoms. The Morgan fingerprint density at radius 3 is 2.89 bits per heavy atom. The Morgan fingerprint density at radius 2 is 2.22 bits per heavy atom. The maximum absolute atomic E-state index is 10.8. The highest BCUT2D eigenvalue weighted by atomic mass is 16.6. The number of nitro benzene ring substituents is 1. The number of hydrogen-bond donors (Lipinski definition) is 3. The number of nitrogens with two attached hydrogens (primary N) is 1. The average molecular weight is 252 g/mol. The molecule has 0 saturated heterocycles. The fraction of sp³-hybridized carbons (Fsp3) is 0.364. The van der Waals surface area contributed by atoms with Gasteiger partial charge < -0.3 is 16.3 Å². The average Bonchev–Trinajstić information content (AvgIpc) is 2.38. The molecule has 7 nitrogen and oxygen atoms in total. The third-order valence-corrected chi connectivity index (χ3v) is 2.42. The largest absolute Gasteiger partial charge is 0.409 e. The van der Waals surface area contributed by atoms with Crippen LogP contribution in [0.25, 0.3) is 0 Å². The lowest BCUT2D eigenvalue weighted by atomic mass is 10.2. The molecule has 1 aromatic rings. The second-order valence-electron chi connectivity index (χ2n) is 3.76. The summed E-state index contributed by atoms with van der Waals surface area (Å²) in [5.74, 6) is 0.183. The Labute approximate surface area is 104 Å². The molecule has 7 heteroatoms. The molecule has 4 N–H and O–H groups in total. The quantitative estimate of drug-likeness (QED) is 0.168. The zero-order valence-corrected chi connectivity index (χ0v) is 9.87. The van der Waals surface area contributed by atoms with E-state index in [0.29, 0.717) is 31.5 Å². The van der Waals surface area contributed by atoms with E-state index in [-0.39, 0.29) is 11.5 Å². The first-order valence-electron chi connectivity index (χ1n) is 5.54. The van der Waals surface area contributed by atoms with Crippen LogP contribution >= 0.6 is 0 Å². The van der Waals surface area contributed by atoms with Gasteiger partial charge in [0.15, 0.2) is 0 Å². The highest BCUT2D eigenvalue weighted by molar-refractivity contribution is 5.79. The van der Waals surface area contributed by atoms with Crippen LogP contribution < -0.4 is 11.1 Å². The van der Waals surface area contributed by atoms with E-state index in [0.717, 1.165) is 0 Å². The van der Waals surface area contributed by atoms with Gasteiger partial charge in [-0.25, -0.2) is 0 Å². The van der Waals surface area contributed by atoms with Crippen LogP contribution in [0.3, 0.4) is 0 Å². The van der Waals surface area contributed by atoms with E-state index in [1.165, 1.54) is 6.07 Å². The third kappa shape index (κ3) is 4.38. The number of rotatable bonds is 7. The summed E-state index contributed by atoms with van der Waals surface area (Å²) in [5.41, 5.74) is 6.07. The normalized spacial score (nSPS) is 11.4. The summed E-state index contributed by atoms with van der Waals surface area (Å²) in [4.78, 5) is 10.4. The smallest absolute Gasteiger partial charge is 0.273 e. The number of para-hydroxylation sites is 1. The standard InChI is InChI=1S/C11H16N4O3/c12-11(14-16)6-3-7-13-8-9-4-1-2-5-10(9)15(17)18/h1-2,4-5,13,16H,3,6-8H2,(H2,12,14). The molecule has 0 unspecified atom stereocenters. The van der Waals surface area contributed by atoms with Crippen molar-refractivity contribution in [2.75, 3.05) is 6.54 Å². The number of amidine groups is 1. The van der Waals surface area contributed by atoms with Gasteiger partial charge in [-0.15, -0.1) is 0 Å². The van der Waals surface area contributed by atoms with Crippen LogP contribution in [0, 0.1) is 10.1 Å². The van der Waals surface area contributed by atoms with Crippen LogP contribution in [0.1, 0.15) is 18.4 Å². The maximum atomic E-state index is 10.8. The van der Waals surface area contributed by atoms with Crippen molar-refractivity contribution < 1.29 is 10.1 Å². The second kappa shape index (κ2) is 7.23. The van der Waals surface area contributed by atoms with Gasteiger partial charge in [0.2, 0.25) is 0 Å². The van der Waals surface area contributed by atoms with Crippen LogP contribution in [0.2, 0.25) is 0 Å². The molecule has 0 radical (unpaired) electrons. The minimum Gasteiger partial charge on any atom is -0.409 e. The van der Waals surface area contributed by atoms with Crippen molar-refractivity contribution in [1.82, 2.24) is 5.32 Å². The maximum Gasteiger partial charge on any atom is 0.273 e. The van der Waals surface area contributed by atoms with Crippen molar-refractivity contribution in [1.29, 1.82) is 0 Å². The van der Waals surface area contributed by atoms with Crippen LogP contribution in [0.15, 0.2) is 29.4 Å². The predicted molar refractivity (Wildman–Crippen MR) is 67.4 cm³/mol. The van der Waals surface area contributed by atoms with Crippen molar-refractivity contribution >= 4 is 11.5 Å². The molecular weight excluding hydrogens is 236 g/mol. The summed E-state index contributed by atoms with van der Waals surface area (Å²) >= 11 is 0. The minimum atomic E-state index is -0.395. The molecule has 0 spiro atoms. The highest BCUT2D eigenvalue weighted by Crippen LogP contribution is 2.16. The second-order valence-corrected chi connectivity index (χ2v) is 3.76. The van der Waals surface area contributed by atoms with Crippen molar-refractivity contribution in [3.63, 3.8) is 0 Å². The van der Waals surface area contributed by atoms with E-state index < -0.39 is 4.92 Å². The predicted octanol–water partition coefficient (Wildman–Crippen LogP) is 1.21. The van der Waals surface area contributed by atoms with Gasteiger partial charge in [-0.2, -0.15) is 0 Å². The molecule has 1 rings (SSSR count). The van der Waals surface area contributed by atoms with Crippen LogP contribution in [-0.2, 0) is 6.54 Å². The summed E-state index contributed by atoms with van der Waals surface area (Å²) in [6.45, 7) is 1.07. The molecule has 0 aromatic heterocycles. The number of nitrogens with one attached hydrogen (secondary N) is 1. The molecule has 1 aromatic carbocycles. The topological polar surface area (TPSA) is 114 Å². The van der Waals surface area contributed by atoms with Gasteiger partial charge in [0, 0.05) is 24.6 Å². The zero-order chi connectivity index (χ0) is 13.4. The number of oxime groups is 1. The SMILES string of the molecule is NC(CCCNCc1ccccc1[N+](=O)[O-])=NO. The molecular formula is C11H16N4O3. The molecule has 0 aliphatic carbocycles. The highest BCUT2D eigenvalue weighted by Gasteiger charge is 2.10. The molecule has 0 fully saturated rings. The minimum absolute atomic E-state index is 0.112. The summed E-state index contributed by atoms with van der Waals surface area (Å²) in [5, 5.41) is 25.0. The molecule has 0 saturated carbocycles. The first-order chi connectivity index (χ1) is 8.65. The van der Waals surface area contributed by atoms with E-state index in [4.69, 9.17) is 10.9 Å². The van der Waals surface area contributed by atoms with Gasteiger partial charge >= 0.3 is 0 Å². The van der Waals surface area contributed by atoms with Crippen molar-refractivity contribution in [2.45, 2.75) is 19.4 Å². The van der Waals surface area contributed by atoms with Gasteiger partial charge in [0.1, 0.15) is 5.84 Å². The molecule has 0 aliphatic rings. The Hall–Kier alpha value is -2.15. The molecule has 0 amide bonds. The molecule has 0 atom stereocenters. The number of hydrogen-bond acceptors (Lipinski definition) is 5. The van der Waals surface area contributed by atoms with Crippen LogP contribution in [-0.4, -0.2) is 22.5 Å². The summed E-state index contributed by atoms with van der Waals surface area (Å²) in [6, 6.07) is 6.60. The van der Waals surface area contributed by atoms with E-state index >= 15 is 0 Å². The van der Waals surface area contributed by atoms with Gasteiger partial charge in [-0.05, 0) is 13.0 Å². The van der Waals surface area contributed by atoms with Crippen LogP contribution in [0.4, 0.5) is 5.69 Å². The van der Waals surface area contributed by atoms with Gasteiger partial charge in [0.25, 0.3) is 5.69 Å². The van der Waals surface area contributed by atoms with E-state index in [9.17, 15) is 10.1 Å². The third-order valence-electron chi connectivity index (χ3n) is 2.42. The van der Waals surface area contributed by atoms with E-state index in [2.05, 4.69) is 10.5 Å². The van der Waals surface area contributed by atoms with Gasteiger partial charge in [0.05, 0.1) is 4.92 Å². The van der Waals surface area contributed by atoms with Crippen LogP contribution in [0.5, 0.6) is 0 Å². The monoisotopic (exact) mass is 252 g/mol. The van der Waals surface area contributed by atoms with E-state index in [1.54, 1.807) is 18.2 Å². The Balaban J connectivity index is 2.38. The summed E-state index contributed by atoms with van der Waals surface area (Å²) < 4.78 is 0. The van der Waals surface area contributed by atoms with Crippen molar-refractivity contribution in [2.24, 2.45) is 10.9 Å². The lowest BCUT2D eigenvalue weighted by Gasteiger charge is -2.05. The fourth-order valence-electron chi connectivity index (χ4n) is 1.51.